The lowest BCUT2D eigenvalue weighted by Gasteiger charge is -2.20. The number of nitrogens with zero attached hydrogens (tertiary/aromatic N) is 2. The summed E-state index contributed by atoms with van der Waals surface area (Å²) in [5, 5.41) is 11.8. The van der Waals surface area contributed by atoms with Crippen LogP contribution in [0.2, 0.25) is 0 Å². The largest absolute Gasteiger partial charge is 0.300 e. The minimum absolute atomic E-state index is 0.109. The highest BCUT2D eigenvalue weighted by atomic mass is 32.2. The molecule has 0 aliphatic rings. The smallest absolute Gasteiger partial charge is 0.240 e. The number of benzene rings is 1. The van der Waals surface area contributed by atoms with Crippen molar-refractivity contribution in [3.05, 3.63) is 34.8 Å². The molecule has 9 heteroatoms. The fraction of sp³-hybridized carbons (Fsp3) is 0.471. The highest BCUT2D eigenvalue weighted by molar-refractivity contribution is 7.89. The van der Waals surface area contributed by atoms with Crippen molar-refractivity contribution in [2.75, 3.05) is 11.9 Å². The first-order chi connectivity index (χ1) is 12.1. The normalized spacial score (nSPS) is 12.2. The van der Waals surface area contributed by atoms with E-state index in [0.717, 1.165) is 5.56 Å². The Labute approximate surface area is 158 Å². The number of hydrogen-bond acceptors (Lipinski definition) is 6. The van der Waals surface area contributed by atoms with Gasteiger partial charge in [0.25, 0.3) is 0 Å². The lowest BCUT2D eigenvalue weighted by atomic mass is 9.89. The minimum Gasteiger partial charge on any atom is -0.300 e. The van der Waals surface area contributed by atoms with Gasteiger partial charge >= 0.3 is 0 Å². The monoisotopic (exact) mass is 396 g/mol. The van der Waals surface area contributed by atoms with E-state index >= 15 is 0 Å². The van der Waals surface area contributed by atoms with Crippen molar-refractivity contribution in [3.63, 3.8) is 0 Å². The molecule has 26 heavy (non-hydrogen) atoms. The van der Waals surface area contributed by atoms with Crippen LogP contribution in [0.15, 0.2) is 29.2 Å². The van der Waals surface area contributed by atoms with Crippen LogP contribution in [0.1, 0.15) is 37.8 Å². The summed E-state index contributed by atoms with van der Waals surface area (Å²) in [6, 6.07) is 6.66. The van der Waals surface area contributed by atoms with Gasteiger partial charge in [0.05, 0.1) is 4.90 Å². The number of aryl methyl sites for hydroxylation is 1. The lowest BCUT2D eigenvalue weighted by molar-refractivity contribution is -0.124. The molecule has 2 N–H and O–H groups in total. The first-order valence-corrected chi connectivity index (χ1v) is 10.6. The molecule has 2 aromatic rings. The summed E-state index contributed by atoms with van der Waals surface area (Å²) in [4.78, 5) is 12.4. The third kappa shape index (κ3) is 5.33. The molecule has 142 valence electrons. The summed E-state index contributed by atoms with van der Waals surface area (Å²) in [7, 11) is -3.55. The average molecular weight is 397 g/mol. The maximum atomic E-state index is 12.2. The molecule has 0 saturated carbocycles. The van der Waals surface area contributed by atoms with E-state index in [1.54, 1.807) is 24.3 Å². The number of anilines is 1. The number of hydrogen-bond donors (Lipinski definition) is 2. The van der Waals surface area contributed by atoms with Crippen molar-refractivity contribution in [2.24, 2.45) is 5.41 Å². The quantitative estimate of drug-likeness (QED) is 0.714. The van der Waals surface area contributed by atoms with E-state index in [4.69, 9.17) is 0 Å². The average Bonchev–Trinajstić information content (AvgIpc) is 3.02. The van der Waals surface area contributed by atoms with Crippen molar-refractivity contribution in [3.8, 4) is 0 Å². The molecule has 0 aliphatic carbocycles. The number of carbonyl (C=O) groups is 1. The lowest BCUT2D eigenvalue weighted by Crippen LogP contribution is -2.29. The zero-order valence-electron chi connectivity index (χ0n) is 15.4. The second-order valence-corrected chi connectivity index (χ2v) is 9.48. The van der Waals surface area contributed by atoms with Crippen molar-refractivity contribution >= 4 is 32.4 Å². The Morgan fingerprint density at radius 2 is 1.85 bits per heavy atom. The van der Waals surface area contributed by atoms with Crippen LogP contribution in [0.3, 0.4) is 0 Å². The van der Waals surface area contributed by atoms with Crippen molar-refractivity contribution in [1.29, 1.82) is 0 Å². The van der Waals surface area contributed by atoms with Gasteiger partial charge in [-0.15, -0.1) is 10.2 Å². The maximum absolute atomic E-state index is 12.2. The first-order valence-electron chi connectivity index (χ1n) is 8.34. The standard InChI is InChI=1S/C17H24N4O3S2/c1-5-17(3,4)15(22)19-16-21-20-14(25-16)10-11-18-26(23,24)13-8-6-12(2)7-9-13/h6-9,18H,5,10-11H2,1-4H3,(H,19,21,22). The molecule has 2 rings (SSSR count). The van der Waals surface area contributed by atoms with E-state index in [1.165, 1.54) is 11.3 Å². The van der Waals surface area contributed by atoms with E-state index in [0.29, 0.717) is 23.0 Å². The van der Waals surface area contributed by atoms with Gasteiger partial charge in [0.2, 0.25) is 21.1 Å². The van der Waals surface area contributed by atoms with Crippen LogP contribution in [0.25, 0.3) is 0 Å². The third-order valence-electron chi connectivity index (χ3n) is 4.15. The van der Waals surface area contributed by atoms with Gasteiger partial charge in [-0.3, -0.25) is 4.79 Å². The molecule has 0 spiro atoms. The molecular weight excluding hydrogens is 372 g/mol. The van der Waals surface area contributed by atoms with Gasteiger partial charge in [-0.05, 0) is 25.5 Å². The van der Waals surface area contributed by atoms with Gasteiger partial charge in [0.1, 0.15) is 5.01 Å². The molecular formula is C17H24N4O3S2. The Balaban J connectivity index is 1.90. The van der Waals surface area contributed by atoms with Crippen molar-refractivity contribution in [1.82, 2.24) is 14.9 Å². The maximum Gasteiger partial charge on any atom is 0.240 e. The number of carbonyl (C=O) groups excluding carboxylic acids is 1. The highest BCUT2D eigenvalue weighted by Crippen LogP contribution is 2.24. The topological polar surface area (TPSA) is 101 Å². The van der Waals surface area contributed by atoms with Crippen LogP contribution in [-0.4, -0.2) is 31.1 Å². The van der Waals surface area contributed by atoms with Gasteiger partial charge in [-0.2, -0.15) is 0 Å². The van der Waals surface area contributed by atoms with E-state index in [1.807, 2.05) is 27.7 Å². The number of sulfonamides is 1. The van der Waals surface area contributed by atoms with Crippen LogP contribution in [0.5, 0.6) is 0 Å². The number of rotatable bonds is 8. The van der Waals surface area contributed by atoms with Crippen molar-refractivity contribution < 1.29 is 13.2 Å². The Morgan fingerprint density at radius 3 is 2.46 bits per heavy atom. The minimum atomic E-state index is -3.55. The molecule has 1 aromatic heterocycles. The molecule has 1 amide bonds. The molecule has 0 saturated heterocycles. The molecule has 0 aliphatic heterocycles. The van der Waals surface area contributed by atoms with E-state index in [-0.39, 0.29) is 17.3 Å². The van der Waals surface area contributed by atoms with Gasteiger partial charge < -0.3 is 5.32 Å². The van der Waals surface area contributed by atoms with Gasteiger partial charge in [-0.1, -0.05) is 49.8 Å². The summed E-state index contributed by atoms with van der Waals surface area (Å²) in [5.41, 5.74) is 0.522. The van der Waals surface area contributed by atoms with E-state index in [9.17, 15) is 13.2 Å². The van der Waals surface area contributed by atoms with Gasteiger partial charge in [0.15, 0.2) is 0 Å². The zero-order chi connectivity index (χ0) is 19.4. The second kappa shape index (κ2) is 8.24. The Bertz CT molecular complexity index is 858. The number of aromatic nitrogens is 2. The molecule has 0 atom stereocenters. The van der Waals surface area contributed by atoms with Crippen molar-refractivity contribution in [2.45, 2.75) is 45.4 Å². The van der Waals surface area contributed by atoms with Crippen LogP contribution >= 0.6 is 11.3 Å². The Kier molecular flexibility index (Phi) is 6.48. The van der Waals surface area contributed by atoms with Crippen LogP contribution in [-0.2, 0) is 21.2 Å². The Hall–Kier alpha value is -1.84. The predicted octanol–water partition coefficient (Wildman–Crippen LogP) is 2.74. The molecule has 7 nitrogen and oxygen atoms in total. The van der Waals surface area contributed by atoms with Crippen LogP contribution in [0, 0.1) is 12.3 Å². The summed E-state index contributed by atoms with van der Waals surface area (Å²) in [6.45, 7) is 7.79. The summed E-state index contributed by atoms with van der Waals surface area (Å²) in [5.74, 6) is -0.109. The van der Waals surface area contributed by atoms with Gasteiger partial charge in [0, 0.05) is 18.4 Å². The second-order valence-electron chi connectivity index (χ2n) is 6.65. The fourth-order valence-corrected chi connectivity index (χ4v) is 3.69. The summed E-state index contributed by atoms with van der Waals surface area (Å²) in [6.07, 6.45) is 1.11. The molecule has 0 radical (unpaired) electrons. The molecule has 0 fully saturated rings. The third-order valence-corrected chi connectivity index (χ3v) is 6.52. The summed E-state index contributed by atoms with van der Waals surface area (Å²) < 4.78 is 27.0. The SMILES string of the molecule is CCC(C)(C)C(=O)Nc1nnc(CCNS(=O)(=O)c2ccc(C)cc2)s1. The summed E-state index contributed by atoms with van der Waals surface area (Å²) >= 11 is 1.25. The number of nitrogens with one attached hydrogen (secondary N) is 2. The molecule has 1 aromatic carbocycles. The van der Waals surface area contributed by atoms with E-state index in [2.05, 4.69) is 20.2 Å². The molecule has 0 bridgehead atoms. The molecule has 0 unspecified atom stereocenters. The van der Waals surface area contributed by atoms with E-state index < -0.39 is 15.4 Å². The number of amides is 1. The van der Waals surface area contributed by atoms with Crippen LogP contribution < -0.4 is 10.0 Å². The fourth-order valence-electron chi connectivity index (χ4n) is 1.93. The Morgan fingerprint density at radius 1 is 1.19 bits per heavy atom. The first kappa shape index (κ1) is 20.5. The zero-order valence-corrected chi connectivity index (χ0v) is 17.0. The van der Waals surface area contributed by atoms with Crippen LogP contribution in [0.4, 0.5) is 5.13 Å². The molecule has 1 heterocycles. The van der Waals surface area contributed by atoms with Gasteiger partial charge in [-0.25, -0.2) is 13.1 Å². The predicted molar refractivity (Wildman–Crippen MR) is 103 cm³/mol. The highest BCUT2D eigenvalue weighted by Gasteiger charge is 2.26.